The number of hydrogen-bond donors (Lipinski definition) is 0. The fourth-order valence-corrected chi connectivity index (χ4v) is 1.48. The molecule has 0 saturated heterocycles. The topological polar surface area (TPSA) is 0 Å². The Morgan fingerprint density at radius 2 is 2.00 bits per heavy atom. The molecule has 0 unspecified atom stereocenters. The summed E-state index contributed by atoms with van der Waals surface area (Å²) in [4.78, 5) is 0. The third-order valence-corrected chi connectivity index (χ3v) is 2.29. The van der Waals surface area contributed by atoms with E-state index in [0.717, 1.165) is 6.42 Å². The van der Waals surface area contributed by atoms with Gasteiger partial charge in [0.1, 0.15) is 0 Å². The Bertz CT molecular complexity index is 194. The molecule has 0 N–H and O–H groups in total. The van der Waals surface area contributed by atoms with Crippen molar-refractivity contribution in [1.82, 2.24) is 0 Å². The van der Waals surface area contributed by atoms with E-state index in [9.17, 15) is 0 Å². The van der Waals surface area contributed by atoms with Crippen LogP contribution in [0, 0.1) is 0 Å². The quantitative estimate of drug-likeness (QED) is 0.567. The maximum atomic E-state index is 2.59. The zero-order valence-electron chi connectivity index (χ0n) is 5.46. The molecule has 0 atom stereocenters. The molecule has 0 nitrogen and oxygen atoms in total. The summed E-state index contributed by atoms with van der Waals surface area (Å²) < 4.78 is 1.34. The molecule has 1 aromatic rings. The van der Waals surface area contributed by atoms with Gasteiger partial charge in [-0.3, -0.25) is 0 Å². The summed E-state index contributed by atoms with van der Waals surface area (Å²) in [6.45, 7) is 2.17. The number of aryl methyl sites for hydroxylation is 1. The van der Waals surface area contributed by atoms with Crippen LogP contribution >= 0.6 is 0 Å². The molecule has 0 fully saturated rings. The Morgan fingerprint density at radius 1 is 1.33 bits per heavy atom. The summed E-state index contributed by atoms with van der Waals surface area (Å²) in [6, 6.07) is 8.43. The molecule has 1 heteroatoms. The van der Waals surface area contributed by atoms with E-state index in [1.54, 1.807) is 0 Å². The average Bonchev–Trinajstić information content (AvgIpc) is 1.89. The standard InChI is InChI=1S/C8H10Se/c1-2-7-5-3-4-6-8(7)9/h3-6,9H,2H2,1H3. The molecule has 1 rings (SSSR count). The van der Waals surface area contributed by atoms with Gasteiger partial charge in [-0.15, -0.1) is 0 Å². The number of hydrogen-bond acceptors (Lipinski definition) is 0. The van der Waals surface area contributed by atoms with Crippen molar-refractivity contribution >= 4 is 20.5 Å². The van der Waals surface area contributed by atoms with Crippen molar-refractivity contribution in [3.63, 3.8) is 0 Å². The molecule has 1 aromatic carbocycles. The molecule has 0 spiro atoms. The van der Waals surface area contributed by atoms with Crippen LogP contribution in [-0.4, -0.2) is 16.0 Å². The van der Waals surface area contributed by atoms with Gasteiger partial charge in [0.25, 0.3) is 0 Å². The summed E-state index contributed by atoms with van der Waals surface area (Å²) in [6.07, 6.45) is 1.13. The van der Waals surface area contributed by atoms with E-state index in [2.05, 4.69) is 47.2 Å². The van der Waals surface area contributed by atoms with E-state index in [4.69, 9.17) is 0 Å². The number of benzene rings is 1. The Labute approximate surface area is 64.1 Å². The van der Waals surface area contributed by atoms with Crippen LogP contribution in [0.4, 0.5) is 0 Å². The summed E-state index contributed by atoms with van der Waals surface area (Å²) in [5.74, 6) is 0. The molecule has 0 radical (unpaired) electrons. The molecule has 0 bridgehead atoms. The van der Waals surface area contributed by atoms with Crippen LogP contribution in [0.25, 0.3) is 0 Å². The van der Waals surface area contributed by atoms with Crippen LogP contribution < -0.4 is 4.46 Å². The summed E-state index contributed by atoms with van der Waals surface area (Å²) in [7, 11) is 0. The first-order valence-electron chi connectivity index (χ1n) is 3.11. The van der Waals surface area contributed by atoms with E-state index < -0.39 is 0 Å². The first-order valence-corrected chi connectivity index (χ1v) is 4.05. The second-order valence-corrected chi connectivity index (χ2v) is 2.99. The van der Waals surface area contributed by atoms with Crippen molar-refractivity contribution in [1.29, 1.82) is 0 Å². The maximum absolute atomic E-state index is 2.59. The van der Waals surface area contributed by atoms with Crippen molar-refractivity contribution < 1.29 is 0 Å². The van der Waals surface area contributed by atoms with Crippen LogP contribution in [0.3, 0.4) is 0 Å². The van der Waals surface area contributed by atoms with Crippen molar-refractivity contribution in [2.45, 2.75) is 13.3 Å². The van der Waals surface area contributed by atoms with E-state index in [0.29, 0.717) is 0 Å². The van der Waals surface area contributed by atoms with Crippen molar-refractivity contribution in [3.05, 3.63) is 29.8 Å². The fraction of sp³-hybridized carbons (Fsp3) is 0.250. The molecule has 0 aliphatic carbocycles. The first kappa shape index (κ1) is 6.85. The van der Waals surface area contributed by atoms with E-state index >= 15 is 0 Å². The fourth-order valence-electron chi connectivity index (χ4n) is 0.810. The normalized spacial score (nSPS) is 9.56. The molecule has 0 heterocycles. The zero-order chi connectivity index (χ0) is 6.69. The van der Waals surface area contributed by atoms with Crippen LogP contribution in [0.2, 0.25) is 0 Å². The second-order valence-electron chi connectivity index (χ2n) is 1.98. The Balaban J connectivity index is 3.01. The Kier molecular flexibility index (Phi) is 2.32. The molecule has 0 aliphatic rings. The van der Waals surface area contributed by atoms with Gasteiger partial charge in [0, 0.05) is 0 Å². The zero-order valence-corrected chi connectivity index (χ0v) is 7.34. The van der Waals surface area contributed by atoms with Gasteiger partial charge in [-0.25, -0.2) is 0 Å². The monoisotopic (exact) mass is 186 g/mol. The molecule has 0 saturated carbocycles. The molecular formula is C8H10Se. The Morgan fingerprint density at radius 3 is 2.44 bits per heavy atom. The van der Waals surface area contributed by atoms with Crippen LogP contribution in [0.1, 0.15) is 12.5 Å². The van der Waals surface area contributed by atoms with Gasteiger partial charge in [0.05, 0.1) is 0 Å². The minimum atomic E-state index is 1.13. The van der Waals surface area contributed by atoms with Gasteiger partial charge >= 0.3 is 63.6 Å². The van der Waals surface area contributed by atoms with E-state index in [-0.39, 0.29) is 0 Å². The summed E-state index contributed by atoms with van der Waals surface area (Å²) in [5, 5.41) is 0. The molecule has 0 amide bonds. The molecule has 48 valence electrons. The van der Waals surface area contributed by atoms with Gasteiger partial charge in [0.2, 0.25) is 0 Å². The SMILES string of the molecule is CCc1ccccc1[SeH]. The van der Waals surface area contributed by atoms with Crippen LogP contribution in [-0.2, 0) is 6.42 Å². The van der Waals surface area contributed by atoms with Gasteiger partial charge in [-0.1, -0.05) is 0 Å². The number of rotatable bonds is 1. The molecule has 0 aromatic heterocycles. The van der Waals surface area contributed by atoms with Crippen molar-refractivity contribution in [3.8, 4) is 0 Å². The first-order chi connectivity index (χ1) is 4.34. The van der Waals surface area contributed by atoms with Crippen LogP contribution in [0.5, 0.6) is 0 Å². The minimum absolute atomic E-state index is 1.13. The molecular weight excluding hydrogens is 175 g/mol. The molecule has 9 heavy (non-hydrogen) atoms. The van der Waals surface area contributed by atoms with Gasteiger partial charge in [0.15, 0.2) is 0 Å². The average molecular weight is 185 g/mol. The summed E-state index contributed by atoms with van der Waals surface area (Å²) >= 11 is 2.59. The Hall–Kier alpha value is -0.261. The third kappa shape index (κ3) is 1.57. The third-order valence-electron chi connectivity index (χ3n) is 1.37. The van der Waals surface area contributed by atoms with Gasteiger partial charge in [-0.2, -0.15) is 0 Å². The van der Waals surface area contributed by atoms with Gasteiger partial charge in [-0.05, 0) is 0 Å². The van der Waals surface area contributed by atoms with Crippen molar-refractivity contribution in [2.24, 2.45) is 0 Å². The van der Waals surface area contributed by atoms with E-state index in [1.165, 1.54) is 10.0 Å². The predicted octanol–water partition coefficient (Wildman–Crippen LogP) is 0.775. The van der Waals surface area contributed by atoms with Gasteiger partial charge < -0.3 is 0 Å². The summed E-state index contributed by atoms with van der Waals surface area (Å²) in [5.41, 5.74) is 1.43. The van der Waals surface area contributed by atoms with Crippen molar-refractivity contribution in [2.75, 3.05) is 0 Å². The molecule has 0 aliphatic heterocycles. The van der Waals surface area contributed by atoms with Crippen LogP contribution in [0.15, 0.2) is 24.3 Å². The van der Waals surface area contributed by atoms with E-state index in [1.807, 2.05) is 0 Å². The second kappa shape index (κ2) is 3.05. The predicted molar refractivity (Wildman–Crippen MR) is 42.6 cm³/mol.